The van der Waals surface area contributed by atoms with Crippen molar-refractivity contribution in [2.24, 2.45) is 0 Å². The maximum atomic E-state index is 13.5. The van der Waals surface area contributed by atoms with Crippen LogP contribution in [0.5, 0.6) is 0 Å². The van der Waals surface area contributed by atoms with E-state index in [2.05, 4.69) is 16.0 Å². The van der Waals surface area contributed by atoms with Crippen LogP contribution in [0.25, 0.3) is 17.0 Å². The predicted octanol–water partition coefficient (Wildman–Crippen LogP) is 4.26. The van der Waals surface area contributed by atoms with E-state index in [1.54, 1.807) is 12.3 Å². The van der Waals surface area contributed by atoms with E-state index in [0.29, 0.717) is 19.5 Å². The number of amides is 1. The van der Waals surface area contributed by atoms with Crippen molar-refractivity contribution >= 4 is 22.9 Å². The van der Waals surface area contributed by atoms with Gasteiger partial charge in [-0.05, 0) is 61.7 Å². The average molecular weight is 363 g/mol. The summed E-state index contributed by atoms with van der Waals surface area (Å²) in [6.07, 6.45) is 5.97. The fourth-order valence-corrected chi connectivity index (χ4v) is 3.61. The highest BCUT2D eigenvalue weighted by molar-refractivity contribution is 5.89. The summed E-state index contributed by atoms with van der Waals surface area (Å²) in [7, 11) is 0. The normalized spacial score (nSPS) is 14.6. The molecule has 4 nitrogen and oxygen atoms in total. The van der Waals surface area contributed by atoms with Crippen molar-refractivity contribution in [1.82, 2.24) is 14.9 Å². The molecule has 0 saturated carbocycles. The van der Waals surface area contributed by atoms with Crippen LogP contribution in [-0.4, -0.2) is 33.9 Å². The molecular weight excluding hydrogens is 341 g/mol. The van der Waals surface area contributed by atoms with Gasteiger partial charge in [-0.3, -0.25) is 9.78 Å². The monoisotopic (exact) mass is 363 g/mol. The number of carbonyl (C=O) groups excluding carboxylic acids is 1. The van der Waals surface area contributed by atoms with Gasteiger partial charge in [0.25, 0.3) is 0 Å². The second-order valence-corrected chi connectivity index (χ2v) is 7.07. The van der Waals surface area contributed by atoms with Gasteiger partial charge in [-0.2, -0.15) is 0 Å². The third kappa shape index (κ3) is 3.92. The lowest BCUT2D eigenvalue weighted by Gasteiger charge is -2.28. The second kappa shape index (κ2) is 7.35. The molecule has 3 heterocycles. The number of benzene rings is 1. The lowest BCUT2D eigenvalue weighted by molar-refractivity contribution is -0.130. The van der Waals surface area contributed by atoms with Crippen LogP contribution in [0.3, 0.4) is 0 Å². The first-order chi connectivity index (χ1) is 13.1. The van der Waals surface area contributed by atoms with E-state index in [0.717, 1.165) is 40.7 Å². The summed E-state index contributed by atoms with van der Waals surface area (Å²) in [4.78, 5) is 22.2. The fraction of sp³-hybridized carbons (Fsp3) is 0.273. The first-order valence-electron chi connectivity index (χ1n) is 9.25. The van der Waals surface area contributed by atoms with E-state index < -0.39 is 0 Å². The molecule has 5 heteroatoms. The topological polar surface area (TPSA) is 49.0 Å². The molecule has 1 N–H and O–H groups in total. The van der Waals surface area contributed by atoms with Crippen molar-refractivity contribution in [3.63, 3.8) is 0 Å². The molecule has 1 saturated heterocycles. The average Bonchev–Trinajstić information content (AvgIpc) is 3.04. The number of nitrogens with zero attached hydrogens (tertiary/aromatic N) is 2. The molecule has 2 aromatic heterocycles. The molecule has 27 heavy (non-hydrogen) atoms. The van der Waals surface area contributed by atoms with Crippen molar-refractivity contribution in [2.45, 2.75) is 26.2 Å². The number of nitrogens with one attached hydrogen (secondary N) is 1. The van der Waals surface area contributed by atoms with E-state index in [1.807, 2.05) is 30.0 Å². The third-order valence-corrected chi connectivity index (χ3v) is 5.09. The lowest BCUT2D eigenvalue weighted by Crippen LogP contribution is -2.37. The van der Waals surface area contributed by atoms with E-state index in [1.165, 1.54) is 17.7 Å². The van der Waals surface area contributed by atoms with E-state index in [9.17, 15) is 9.18 Å². The number of aromatic amines is 1. The molecule has 0 radical (unpaired) electrons. The Kier molecular flexibility index (Phi) is 4.75. The van der Waals surface area contributed by atoms with Gasteiger partial charge in [0.1, 0.15) is 5.82 Å². The first kappa shape index (κ1) is 17.5. The van der Waals surface area contributed by atoms with Gasteiger partial charge < -0.3 is 9.88 Å². The SMILES string of the molecule is Cc1cccc(C=C2CCN(C(=O)Cc3c[nH]c4ccc(F)cc34)CC2)n1. The summed E-state index contributed by atoms with van der Waals surface area (Å²) < 4.78 is 13.5. The van der Waals surface area contributed by atoms with Gasteiger partial charge in [-0.15, -0.1) is 0 Å². The molecule has 0 aliphatic carbocycles. The maximum Gasteiger partial charge on any atom is 0.227 e. The van der Waals surface area contributed by atoms with Crippen LogP contribution in [0, 0.1) is 12.7 Å². The zero-order valence-electron chi connectivity index (χ0n) is 15.3. The molecule has 0 bridgehead atoms. The number of fused-ring (bicyclic) bond motifs is 1. The molecule has 4 rings (SSSR count). The van der Waals surface area contributed by atoms with Crippen molar-refractivity contribution in [3.8, 4) is 0 Å². The minimum absolute atomic E-state index is 0.0906. The van der Waals surface area contributed by atoms with Crippen molar-refractivity contribution in [2.75, 3.05) is 13.1 Å². The van der Waals surface area contributed by atoms with Gasteiger partial charge in [0.15, 0.2) is 0 Å². The number of hydrogen-bond donors (Lipinski definition) is 1. The summed E-state index contributed by atoms with van der Waals surface area (Å²) >= 11 is 0. The van der Waals surface area contributed by atoms with Crippen LogP contribution in [0.2, 0.25) is 0 Å². The summed E-state index contributed by atoms with van der Waals surface area (Å²) in [5, 5.41) is 0.784. The van der Waals surface area contributed by atoms with Crippen LogP contribution >= 0.6 is 0 Å². The second-order valence-electron chi connectivity index (χ2n) is 7.07. The number of piperidine rings is 1. The van der Waals surface area contributed by atoms with Gasteiger partial charge in [-0.1, -0.05) is 11.6 Å². The van der Waals surface area contributed by atoms with Crippen LogP contribution in [0.4, 0.5) is 4.39 Å². The Morgan fingerprint density at radius 2 is 2.07 bits per heavy atom. The van der Waals surface area contributed by atoms with Gasteiger partial charge in [0, 0.05) is 35.9 Å². The Bertz CT molecular complexity index is 1010. The van der Waals surface area contributed by atoms with Crippen LogP contribution in [0.1, 0.15) is 29.8 Å². The van der Waals surface area contributed by atoms with E-state index in [4.69, 9.17) is 0 Å². The number of likely N-dealkylation sites (tertiary alicyclic amines) is 1. The summed E-state index contributed by atoms with van der Waals surface area (Å²) in [5.41, 5.74) is 5.01. The molecule has 1 aromatic carbocycles. The number of hydrogen-bond acceptors (Lipinski definition) is 2. The number of H-pyrrole nitrogens is 1. The highest BCUT2D eigenvalue weighted by Gasteiger charge is 2.20. The molecular formula is C22H22FN3O. The quantitative estimate of drug-likeness (QED) is 0.756. The zero-order chi connectivity index (χ0) is 18.8. The zero-order valence-corrected chi connectivity index (χ0v) is 15.3. The number of halogens is 1. The highest BCUT2D eigenvalue weighted by Crippen LogP contribution is 2.23. The van der Waals surface area contributed by atoms with E-state index in [-0.39, 0.29) is 11.7 Å². The highest BCUT2D eigenvalue weighted by atomic mass is 19.1. The van der Waals surface area contributed by atoms with Crippen molar-refractivity contribution in [3.05, 3.63) is 70.9 Å². The molecule has 1 amide bonds. The Balaban J connectivity index is 1.40. The number of rotatable bonds is 3. The Morgan fingerprint density at radius 3 is 2.85 bits per heavy atom. The number of aromatic nitrogens is 2. The van der Waals surface area contributed by atoms with Gasteiger partial charge >= 0.3 is 0 Å². The minimum Gasteiger partial charge on any atom is -0.361 e. The summed E-state index contributed by atoms with van der Waals surface area (Å²) in [6.45, 7) is 3.42. The van der Waals surface area contributed by atoms with Gasteiger partial charge in [0.2, 0.25) is 5.91 Å². The molecule has 1 fully saturated rings. The van der Waals surface area contributed by atoms with Gasteiger partial charge in [0.05, 0.1) is 12.1 Å². The van der Waals surface area contributed by atoms with Crippen LogP contribution in [-0.2, 0) is 11.2 Å². The Hall–Kier alpha value is -2.95. The van der Waals surface area contributed by atoms with Crippen LogP contribution < -0.4 is 0 Å². The summed E-state index contributed by atoms with van der Waals surface area (Å²) in [5.74, 6) is -0.193. The van der Waals surface area contributed by atoms with Gasteiger partial charge in [-0.25, -0.2) is 4.39 Å². The molecule has 0 spiro atoms. The van der Waals surface area contributed by atoms with E-state index >= 15 is 0 Å². The molecule has 138 valence electrons. The van der Waals surface area contributed by atoms with Crippen molar-refractivity contribution in [1.29, 1.82) is 0 Å². The largest absolute Gasteiger partial charge is 0.361 e. The maximum absolute atomic E-state index is 13.5. The number of aryl methyl sites for hydroxylation is 1. The molecule has 0 unspecified atom stereocenters. The molecule has 1 aliphatic heterocycles. The van der Waals surface area contributed by atoms with Crippen molar-refractivity contribution < 1.29 is 9.18 Å². The molecule has 0 atom stereocenters. The minimum atomic E-state index is -0.284. The molecule has 3 aromatic rings. The van der Waals surface area contributed by atoms with Crippen LogP contribution in [0.15, 0.2) is 48.2 Å². The molecule has 1 aliphatic rings. The predicted molar refractivity (Wildman–Crippen MR) is 105 cm³/mol. The number of carbonyl (C=O) groups is 1. The Morgan fingerprint density at radius 1 is 1.26 bits per heavy atom. The Labute approximate surface area is 157 Å². The third-order valence-electron chi connectivity index (χ3n) is 5.09. The standard InChI is InChI=1S/C22H22FN3O/c1-15-3-2-4-19(25-15)11-16-7-9-26(10-8-16)22(27)12-17-14-24-21-6-5-18(23)13-20(17)21/h2-6,11,13-14,24H,7-10,12H2,1H3. The first-order valence-corrected chi connectivity index (χ1v) is 9.25. The fourth-order valence-electron chi connectivity index (χ4n) is 3.61. The lowest BCUT2D eigenvalue weighted by atomic mass is 10.0. The summed E-state index contributed by atoms with van der Waals surface area (Å²) in [6, 6.07) is 10.6. The smallest absolute Gasteiger partial charge is 0.227 e. The number of pyridine rings is 1.